The van der Waals surface area contributed by atoms with Crippen molar-refractivity contribution >= 4 is 49.5 Å². The molecule has 2 amide bonds. The maximum Gasteiger partial charge on any atom is 0.274 e. The monoisotopic (exact) mass is 621 g/mol. The topological polar surface area (TPSA) is 181 Å². The lowest BCUT2D eigenvalue weighted by molar-refractivity contribution is 0.0706. The summed E-state index contributed by atoms with van der Waals surface area (Å²) in [5, 5.41) is 23.6. The molecule has 0 radical (unpaired) electrons. The first kappa shape index (κ1) is 30.5. The Kier molecular flexibility index (Phi) is 8.80. The second-order valence-electron chi connectivity index (χ2n) is 10.1. The average Bonchev–Trinajstić information content (AvgIpc) is 3.67. The molecule has 44 heavy (non-hydrogen) atoms. The third-order valence-corrected chi connectivity index (χ3v) is 8.94. The highest BCUT2D eigenvalue weighted by molar-refractivity contribution is 7.89. The maximum atomic E-state index is 13.1. The second kappa shape index (κ2) is 12.7. The molecule has 5 rings (SSSR count). The molecule has 0 aliphatic heterocycles. The standard InChI is InChI=1S/C29H31N7O7S/c1-35(2)44(40,41)25-10-8-22(26-27(25)34-43-33-26)30-12-4-13-31-29(38)21-15-18(5-9-24(21)42-3)17-36-14-11-19-6-7-20(16-23(19)36)28(37)32-39/h5-11,14-16,30,39H,4,12-13,17H2,1-3H3,(H,31,38)(H,32,37). The zero-order valence-electron chi connectivity index (χ0n) is 24.2. The number of aromatic nitrogens is 3. The normalized spacial score (nSPS) is 11.7. The van der Waals surface area contributed by atoms with Crippen LogP contribution in [0.5, 0.6) is 5.75 Å². The van der Waals surface area contributed by atoms with E-state index in [1.807, 2.05) is 22.9 Å². The molecule has 0 saturated heterocycles. The number of benzene rings is 3. The van der Waals surface area contributed by atoms with E-state index in [-0.39, 0.29) is 16.3 Å². The lowest BCUT2D eigenvalue weighted by Gasteiger charge is -2.13. The molecule has 5 aromatic rings. The minimum absolute atomic E-state index is 0.00319. The van der Waals surface area contributed by atoms with Gasteiger partial charge >= 0.3 is 0 Å². The van der Waals surface area contributed by atoms with Crippen LogP contribution in [0.25, 0.3) is 21.9 Å². The fourth-order valence-corrected chi connectivity index (χ4v) is 5.77. The van der Waals surface area contributed by atoms with Crippen molar-refractivity contribution in [1.29, 1.82) is 0 Å². The summed E-state index contributed by atoms with van der Waals surface area (Å²) < 4.78 is 38.5. The van der Waals surface area contributed by atoms with Crippen LogP contribution in [-0.2, 0) is 16.6 Å². The van der Waals surface area contributed by atoms with Crippen LogP contribution in [0.3, 0.4) is 0 Å². The Labute approximate surface area is 252 Å². The van der Waals surface area contributed by atoms with E-state index in [0.717, 1.165) is 20.8 Å². The molecule has 15 heteroatoms. The number of anilines is 1. The lowest BCUT2D eigenvalue weighted by Crippen LogP contribution is -2.26. The smallest absolute Gasteiger partial charge is 0.274 e. The molecule has 0 bridgehead atoms. The first-order valence-electron chi connectivity index (χ1n) is 13.5. The Morgan fingerprint density at radius 2 is 1.80 bits per heavy atom. The van der Waals surface area contributed by atoms with Gasteiger partial charge in [0, 0.05) is 51.0 Å². The zero-order valence-corrected chi connectivity index (χ0v) is 25.0. The van der Waals surface area contributed by atoms with Gasteiger partial charge in [-0.05, 0) is 70.1 Å². The molecule has 230 valence electrons. The lowest BCUT2D eigenvalue weighted by atomic mass is 10.1. The van der Waals surface area contributed by atoms with Gasteiger partial charge < -0.3 is 19.9 Å². The van der Waals surface area contributed by atoms with Crippen molar-refractivity contribution in [2.24, 2.45) is 0 Å². The number of methoxy groups -OCH3 is 1. The van der Waals surface area contributed by atoms with Gasteiger partial charge in [0.1, 0.15) is 10.6 Å². The molecule has 0 aliphatic carbocycles. The van der Waals surface area contributed by atoms with Gasteiger partial charge in [-0.2, -0.15) is 0 Å². The van der Waals surface area contributed by atoms with Gasteiger partial charge in [-0.1, -0.05) is 12.1 Å². The van der Waals surface area contributed by atoms with Crippen LogP contribution in [0.1, 0.15) is 32.7 Å². The molecule has 2 aromatic heterocycles. The fourth-order valence-electron chi connectivity index (χ4n) is 4.76. The molecule has 0 unspecified atom stereocenters. The summed E-state index contributed by atoms with van der Waals surface area (Å²) in [5.74, 6) is -0.475. The van der Waals surface area contributed by atoms with Gasteiger partial charge in [0.2, 0.25) is 10.0 Å². The summed E-state index contributed by atoms with van der Waals surface area (Å²) in [6.07, 6.45) is 2.44. The number of nitrogens with zero attached hydrogens (tertiary/aromatic N) is 4. The van der Waals surface area contributed by atoms with E-state index in [9.17, 15) is 18.0 Å². The number of sulfonamides is 1. The van der Waals surface area contributed by atoms with Crippen LogP contribution < -0.4 is 20.9 Å². The molecular formula is C29H31N7O7S. The minimum atomic E-state index is -3.73. The van der Waals surface area contributed by atoms with E-state index in [0.29, 0.717) is 54.1 Å². The molecule has 2 heterocycles. The first-order chi connectivity index (χ1) is 21.1. The van der Waals surface area contributed by atoms with Crippen molar-refractivity contribution in [3.63, 3.8) is 0 Å². The van der Waals surface area contributed by atoms with Crippen molar-refractivity contribution in [3.8, 4) is 5.75 Å². The van der Waals surface area contributed by atoms with Gasteiger partial charge in [0.25, 0.3) is 11.8 Å². The van der Waals surface area contributed by atoms with Crippen LogP contribution in [0.15, 0.2) is 70.3 Å². The summed E-state index contributed by atoms with van der Waals surface area (Å²) in [5.41, 5.74) is 4.97. The number of hydrogen-bond donors (Lipinski definition) is 4. The van der Waals surface area contributed by atoms with Crippen molar-refractivity contribution in [2.75, 3.05) is 39.6 Å². The van der Waals surface area contributed by atoms with E-state index in [1.165, 1.54) is 27.3 Å². The summed E-state index contributed by atoms with van der Waals surface area (Å²) in [6.45, 7) is 1.24. The van der Waals surface area contributed by atoms with E-state index in [1.54, 1.807) is 41.9 Å². The van der Waals surface area contributed by atoms with Gasteiger partial charge in [-0.25, -0.2) is 22.8 Å². The number of carbonyl (C=O) groups excluding carboxylic acids is 2. The molecule has 3 aromatic carbocycles. The molecule has 0 fully saturated rings. The summed E-state index contributed by atoms with van der Waals surface area (Å²) in [7, 11) is 0.631. The van der Waals surface area contributed by atoms with Gasteiger partial charge in [0.05, 0.1) is 18.4 Å². The highest BCUT2D eigenvalue weighted by Crippen LogP contribution is 2.28. The Balaban J connectivity index is 1.22. The zero-order chi connectivity index (χ0) is 31.4. The number of rotatable bonds is 12. The van der Waals surface area contributed by atoms with Crippen molar-refractivity contribution < 1.29 is 32.6 Å². The van der Waals surface area contributed by atoms with Crippen molar-refractivity contribution in [1.82, 2.24) is 30.0 Å². The highest BCUT2D eigenvalue weighted by Gasteiger charge is 2.24. The van der Waals surface area contributed by atoms with Crippen molar-refractivity contribution in [3.05, 3.63) is 77.5 Å². The molecule has 0 atom stereocenters. The number of hydroxylamine groups is 1. The predicted octanol–water partition coefficient (Wildman–Crippen LogP) is 2.84. The van der Waals surface area contributed by atoms with E-state index >= 15 is 0 Å². The van der Waals surface area contributed by atoms with E-state index in [4.69, 9.17) is 14.6 Å². The number of nitrogens with one attached hydrogen (secondary N) is 3. The largest absolute Gasteiger partial charge is 0.496 e. The van der Waals surface area contributed by atoms with Crippen LogP contribution >= 0.6 is 0 Å². The molecule has 4 N–H and O–H groups in total. The van der Waals surface area contributed by atoms with Gasteiger partial charge in [-0.15, -0.1) is 0 Å². The number of ether oxygens (including phenoxy) is 1. The summed E-state index contributed by atoms with van der Waals surface area (Å²) in [6, 6.07) is 15.5. The van der Waals surface area contributed by atoms with E-state index < -0.39 is 15.9 Å². The number of fused-ring (bicyclic) bond motifs is 2. The summed E-state index contributed by atoms with van der Waals surface area (Å²) in [4.78, 5) is 25.0. The Bertz CT molecular complexity index is 1950. The number of hydrogen-bond acceptors (Lipinski definition) is 10. The predicted molar refractivity (Wildman–Crippen MR) is 161 cm³/mol. The van der Waals surface area contributed by atoms with Gasteiger partial charge in [0.15, 0.2) is 11.0 Å². The third-order valence-electron chi connectivity index (χ3n) is 7.09. The highest BCUT2D eigenvalue weighted by atomic mass is 32.2. The number of carbonyl (C=O) groups is 2. The Hall–Kier alpha value is -4.99. The average molecular weight is 622 g/mol. The fraction of sp³-hybridized carbons (Fsp3) is 0.241. The Morgan fingerprint density at radius 3 is 2.55 bits per heavy atom. The van der Waals surface area contributed by atoms with E-state index in [2.05, 4.69) is 20.9 Å². The third kappa shape index (κ3) is 6.06. The van der Waals surface area contributed by atoms with Crippen LogP contribution in [0.4, 0.5) is 5.69 Å². The van der Waals surface area contributed by atoms with Crippen LogP contribution in [-0.4, -0.2) is 78.9 Å². The minimum Gasteiger partial charge on any atom is -0.496 e. The summed E-state index contributed by atoms with van der Waals surface area (Å²) >= 11 is 0. The molecule has 0 aliphatic rings. The molecule has 14 nitrogen and oxygen atoms in total. The van der Waals surface area contributed by atoms with Crippen LogP contribution in [0.2, 0.25) is 0 Å². The van der Waals surface area contributed by atoms with Crippen molar-refractivity contribution in [2.45, 2.75) is 17.9 Å². The SMILES string of the molecule is COc1ccc(Cn2ccc3ccc(C(=O)NO)cc32)cc1C(=O)NCCCNc1ccc(S(=O)(=O)N(C)C)c2nonc12. The molecular weight excluding hydrogens is 590 g/mol. The quantitative estimate of drug-likeness (QED) is 0.0919. The van der Waals surface area contributed by atoms with Gasteiger partial charge in [-0.3, -0.25) is 14.8 Å². The first-order valence-corrected chi connectivity index (χ1v) is 15.0. The maximum absolute atomic E-state index is 13.1. The molecule has 0 spiro atoms. The van der Waals surface area contributed by atoms with Crippen LogP contribution in [0, 0.1) is 0 Å². The molecule has 0 saturated carbocycles. The second-order valence-corrected chi connectivity index (χ2v) is 12.2. The number of amides is 2. The Morgan fingerprint density at radius 1 is 1.00 bits per heavy atom.